The minimum Gasteiger partial charge on any atom is -0.478 e. The Labute approximate surface area is 149 Å². The molecule has 1 aliphatic heterocycles. The number of hydrogen-bond acceptors (Lipinski definition) is 4. The van der Waals surface area contributed by atoms with Crippen LogP contribution in [0.25, 0.3) is 6.08 Å². The van der Waals surface area contributed by atoms with E-state index in [4.69, 9.17) is 5.11 Å². The summed E-state index contributed by atoms with van der Waals surface area (Å²) in [4.78, 5) is 15.1. The molecule has 136 valence electrons. The number of carboxylic acids is 1. The summed E-state index contributed by atoms with van der Waals surface area (Å²) >= 11 is 0. The molecule has 0 bridgehead atoms. The highest BCUT2D eigenvalue weighted by atomic mass is 16.4. The molecule has 2 fully saturated rings. The number of carboxylic acid groups (broad SMARTS) is 1. The van der Waals surface area contributed by atoms with Crippen molar-refractivity contribution in [2.24, 2.45) is 5.92 Å². The van der Waals surface area contributed by atoms with Gasteiger partial charge in [0.05, 0.1) is 5.54 Å². The first kappa shape index (κ1) is 17.9. The topological polar surface area (TPSA) is 74.2 Å². The maximum Gasteiger partial charge on any atom is 0.328 e. The smallest absolute Gasteiger partial charge is 0.328 e. The van der Waals surface area contributed by atoms with Crippen LogP contribution < -0.4 is 10.6 Å². The van der Waals surface area contributed by atoms with E-state index < -0.39 is 5.97 Å². The second-order valence-corrected chi connectivity index (χ2v) is 7.54. The molecule has 3 N–H and O–H groups in total. The van der Waals surface area contributed by atoms with Gasteiger partial charge in [-0.25, -0.2) is 9.78 Å². The van der Waals surface area contributed by atoms with Gasteiger partial charge in [-0.2, -0.15) is 0 Å². The van der Waals surface area contributed by atoms with Crippen molar-refractivity contribution < 1.29 is 9.90 Å². The lowest BCUT2D eigenvalue weighted by molar-refractivity contribution is -0.131. The molecule has 0 amide bonds. The maximum atomic E-state index is 10.6. The first-order valence-corrected chi connectivity index (χ1v) is 9.51. The molecular formula is C20H29N3O2. The minimum atomic E-state index is -0.943. The first-order chi connectivity index (χ1) is 12.2. The Morgan fingerprint density at radius 1 is 1.32 bits per heavy atom. The average Bonchev–Trinajstić information content (AvgIpc) is 2.62. The number of rotatable bonds is 6. The number of aromatic nitrogens is 1. The van der Waals surface area contributed by atoms with Crippen LogP contribution in [0.1, 0.15) is 56.9 Å². The minimum absolute atomic E-state index is 0.0890. The fourth-order valence-electron chi connectivity index (χ4n) is 4.26. The van der Waals surface area contributed by atoms with Crippen LogP contribution in [0.15, 0.2) is 24.4 Å². The number of nitrogens with zero attached hydrogens (tertiary/aromatic N) is 1. The van der Waals surface area contributed by atoms with Gasteiger partial charge >= 0.3 is 5.97 Å². The number of aliphatic carboxylic acids is 1. The van der Waals surface area contributed by atoms with E-state index >= 15 is 0 Å². The molecule has 5 nitrogen and oxygen atoms in total. The molecule has 2 aliphatic rings. The molecule has 3 rings (SSSR count). The molecule has 0 spiro atoms. The zero-order valence-corrected chi connectivity index (χ0v) is 14.8. The van der Waals surface area contributed by atoms with Crippen LogP contribution >= 0.6 is 0 Å². The van der Waals surface area contributed by atoms with Gasteiger partial charge < -0.3 is 15.7 Å². The number of hydrogen-bond donors (Lipinski definition) is 3. The third-order valence-electron chi connectivity index (χ3n) is 5.47. The molecule has 1 saturated heterocycles. The Hall–Kier alpha value is -1.88. The number of pyridine rings is 1. The summed E-state index contributed by atoms with van der Waals surface area (Å²) < 4.78 is 0. The van der Waals surface area contributed by atoms with Gasteiger partial charge in [-0.05, 0) is 55.5 Å². The molecular weight excluding hydrogens is 314 g/mol. The second-order valence-electron chi connectivity index (χ2n) is 7.54. The van der Waals surface area contributed by atoms with Crippen molar-refractivity contribution in [1.82, 2.24) is 10.3 Å². The van der Waals surface area contributed by atoms with E-state index in [-0.39, 0.29) is 5.54 Å². The summed E-state index contributed by atoms with van der Waals surface area (Å²) in [6, 6.07) is 3.87. The number of carbonyl (C=O) groups is 1. The van der Waals surface area contributed by atoms with Crippen molar-refractivity contribution in [3.8, 4) is 0 Å². The van der Waals surface area contributed by atoms with Crippen molar-refractivity contribution >= 4 is 17.9 Å². The van der Waals surface area contributed by atoms with Gasteiger partial charge in [0.1, 0.15) is 5.82 Å². The van der Waals surface area contributed by atoms with E-state index in [1.54, 1.807) is 12.3 Å². The molecule has 0 unspecified atom stereocenters. The van der Waals surface area contributed by atoms with Crippen molar-refractivity contribution in [2.75, 3.05) is 18.4 Å². The van der Waals surface area contributed by atoms with E-state index in [2.05, 4.69) is 15.6 Å². The predicted octanol–water partition coefficient (Wildman–Crippen LogP) is 3.68. The van der Waals surface area contributed by atoms with Crippen LogP contribution in [0.2, 0.25) is 0 Å². The monoisotopic (exact) mass is 343 g/mol. The van der Waals surface area contributed by atoms with Gasteiger partial charge in [-0.1, -0.05) is 32.1 Å². The standard InChI is InChI=1S/C20H29N3O2/c24-19(25)10-8-17-7-9-18(22-14-17)23-20(11-4-12-21-15-20)13-16-5-2-1-3-6-16/h7-10,14,16,21H,1-6,11-13,15H2,(H,22,23)(H,24,25)/b10-8+/t20-/m0/s1. The van der Waals surface area contributed by atoms with E-state index in [1.165, 1.54) is 51.4 Å². The van der Waals surface area contributed by atoms with Crippen LogP contribution in [-0.2, 0) is 4.79 Å². The lowest BCUT2D eigenvalue weighted by Crippen LogP contribution is -2.52. The Morgan fingerprint density at radius 2 is 2.16 bits per heavy atom. The molecule has 0 radical (unpaired) electrons. The summed E-state index contributed by atoms with van der Waals surface area (Å²) in [7, 11) is 0. The van der Waals surface area contributed by atoms with Gasteiger partial charge in [-0.15, -0.1) is 0 Å². The quantitative estimate of drug-likeness (QED) is 0.687. The van der Waals surface area contributed by atoms with Gasteiger partial charge in [0.2, 0.25) is 0 Å². The fourth-order valence-corrected chi connectivity index (χ4v) is 4.26. The third-order valence-corrected chi connectivity index (χ3v) is 5.47. The Morgan fingerprint density at radius 3 is 2.80 bits per heavy atom. The Bertz CT molecular complexity index is 585. The highest BCUT2D eigenvalue weighted by molar-refractivity contribution is 5.85. The van der Waals surface area contributed by atoms with E-state index in [1.807, 2.05) is 12.1 Å². The van der Waals surface area contributed by atoms with Crippen LogP contribution in [0, 0.1) is 5.92 Å². The molecule has 25 heavy (non-hydrogen) atoms. The highest BCUT2D eigenvalue weighted by Crippen LogP contribution is 2.35. The van der Waals surface area contributed by atoms with Gasteiger partial charge in [0.15, 0.2) is 0 Å². The van der Waals surface area contributed by atoms with E-state index in [0.29, 0.717) is 0 Å². The summed E-state index contributed by atoms with van der Waals surface area (Å²) in [6.07, 6.45) is 14.9. The molecule has 1 aromatic rings. The molecule has 0 aromatic carbocycles. The fraction of sp³-hybridized carbons (Fsp3) is 0.600. The van der Waals surface area contributed by atoms with Gasteiger partial charge in [0.25, 0.3) is 0 Å². The lowest BCUT2D eigenvalue weighted by Gasteiger charge is -2.42. The number of piperidine rings is 1. The van der Waals surface area contributed by atoms with Gasteiger partial charge in [0, 0.05) is 18.8 Å². The zero-order chi connectivity index (χ0) is 17.5. The van der Waals surface area contributed by atoms with Gasteiger partial charge in [-0.3, -0.25) is 0 Å². The SMILES string of the molecule is O=C(O)/C=C/c1ccc(N[C@]2(CC3CCCCC3)CCCNC2)nc1. The van der Waals surface area contributed by atoms with Crippen LogP contribution in [0.3, 0.4) is 0 Å². The summed E-state index contributed by atoms with van der Waals surface area (Å²) in [5.41, 5.74) is 0.891. The number of nitrogens with one attached hydrogen (secondary N) is 2. The first-order valence-electron chi connectivity index (χ1n) is 9.51. The molecule has 5 heteroatoms. The maximum absolute atomic E-state index is 10.6. The molecule has 1 aliphatic carbocycles. The van der Waals surface area contributed by atoms with Crippen LogP contribution in [0.5, 0.6) is 0 Å². The van der Waals surface area contributed by atoms with Crippen LogP contribution in [-0.4, -0.2) is 34.7 Å². The zero-order valence-electron chi connectivity index (χ0n) is 14.8. The molecule has 1 aromatic heterocycles. The highest BCUT2D eigenvalue weighted by Gasteiger charge is 2.35. The molecule has 1 atom stereocenters. The predicted molar refractivity (Wildman–Crippen MR) is 101 cm³/mol. The summed E-state index contributed by atoms with van der Waals surface area (Å²) in [5.74, 6) is 0.757. The second kappa shape index (κ2) is 8.48. The van der Waals surface area contributed by atoms with Crippen molar-refractivity contribution in [2.45, 2.75) is 56.9 Å². The van der Waals surface area contributed by atoms with Crippen LogP contribution in [0.4, 0.5) is 5.82 Å². The van der Waals surface area contributed by atoms with Crippen molar-refractivity contribution in [1.29, 1.82) is 0 Å². The lowest BCUT2D eigenvalue weighted by atomic mass is 9.76. The third kappa shape index (κ3) is 5.30. The Kier molecular flexibility index (Phi) is 6.08. The van der Waals surface area contributed by atoms with E-state index in [9.17, 15) is 4.79 Å². The summed E-state index contributed by atoms with van der Waals surface area (Å²) in [6.45, 7) is 2.09. The van der Waals surface area contributed by atoms with E-state index in [0.717, 1.165) is 36.5 Å². The normalized spacial score (nSPS) is 25.1. The molecule has 2 heterocycles. The Balaban J connectivity index is 1.68. The number of anilines is 1. The van der Waals surface area contributed by atoms with Crippen molar-refractivity contribution in [3.63, 3.8) is 0 Å². The summed E-state index contributed by atoms with van der Waals surface area (Å²) in [5, 5.41) is 16.0. The van der Waals surface area contributed by atoms with Crippen molar-refractivity contribution in [3.05, 3.63) is 30.0 Å². The largest absolute Gasteiger partial charge is 0.478 e. The average molecular weight is 343 g/mol. The molecule has 1 saturated carbocycles.